The van der Waals surface area contributed by atoms with Crippen LogP contribution in [0.15, 0.2) is 0 Å². The maximum atomic E-state index is 10.4. The van der Waals surface area contributed by atoms with Gasteiger partial charge in [0.25, 0.3) is 0 Å². The van der Waals surface area contributed by atoms with E-state index in [-0.39, 0.29) is 5.06 Å². The summed E-state index contributed by atoms with van der Waals surface area (Å²) in [4.78, 5) is 0. The minimum absolute atomic E-state index is 0.277. The first-order valence-corrected chi connectivity index (χ1v) is 2.46. The summed E-state index contributed by atoms with van der Waals surface area (Å²) in [5.41, 5.74) is 0. The van der Waals surface area contributed by atoms with Gasteiger partial charge >= 0.3 is 0 Å². The largest absolute Gasteiger partial charge is 0.634 e. The molecule has 1 radical (unpaired) electrons. The fraction of sp³-hybridized carbons (Fsp3) is 0.750. The summed E-state index contributed by atoms with van der Waals surface area (Å²) in [5.74, 6) is 0. The van der Waals surface area contributed by atoms with E-state index in [1.54, 1.807) is 6.54 Å². The summed E-state index contributed by atoms with van der Waals surface area (Å²) >= 11 is 0. The van der Waals surface area contributed by atoms with Gasteiger partial charge in [0, 0.05) is 6.54 Å². The molecule has 0 spiro atoms. The van der Waals surface area contributed by atoms with Crippen molar-refractivity contribution in [3.63, 3.8) is 0 Å². The van der Waals surface area contributed by atoms with E-state index in [0.29, 0.717) is 6.54 Å². The van der Waals surface area contributed by atoms with Gasteiger partial charge in [0.15, 0.2) is 6.54 Å². The van der Waals surface area contributed by atoms with Crippen molar-refractivity contribution in [2.24, 2.45) is 0 Å². The van der Waals surface area contributed by atoms with Crippen LogP contribution >= 0.6 is 0 Å². The van der Waals surface area contributed by atoms with Crippen LogP contribution in [0.4, 0.5) is 0 Å². The number of hydrogen-bond donors (Lipinski definition) is 2. The molecule has 0 aromatic rings. The molecule has 0 aromatic heterocycles. The van der Waals surface area contributed by atoms with Gasteiger partial charge in [-0.15, -0.1) is 0 Å². The predicted octanol–water partition coefficient (Wildman–Crippen LogP) is -1.87. The molecule has 1 fully saturated rings. The van der Waals surface area contributed by atoms with Crippen LogP contribution in [0.3, 0.4) is 0 Å². The lowest BCUT2D eigenvalue weighted by Crippen LogP contribution is -3.07. The molecule has 1 unspecified atom stereocenters. The molecule has 1 aliphatic heterocycles. The Bertz CT molecular complexity index is 51.7. The Balaban J connectivity index is 2.12. The van der Waals surface area contributed by atoms with Crippen molar-refractivity contribution in [1.82, 2.24) is 5.32 Å². The van der Waals surface area contributed by atoms with Crippen molar-refractivity contribution < 1.29 is 5.06 Å². The Morgan fingerprint density at radius 3 is 2.86 bits per heavy atom. The smallest absolute Gasteiger partial charge is 0.154 e. The van der Waals surface area contributed by atoms with E-state index in [2.05, 4.69) is 5.32 Å². The number of hydrogen-bond acceptors (Lipinski definition) is 2. The zero-order valence-corrected chi connectivity index (χ0v) is 4.11. The van der Waals surface area contributed by atoms with Crippen molar-refractivity contribution in [2.75, 3.05) is 19.6 Å². The van der Waals surface area contributed by atoms with Crippen molar-refractivity contribution in [1.29, 1.82) is 0 Å². The summed E-state index contributed by atoms with van der Waals surface area (Å²) in [6.07, 6.45) is 0. The van der Waals surface area contributed by atoms with Crippen molar-refractivity contribution in [2.45, 2.75) is 0 Å². The molecule has 41 valence electrons. The fourth-order valence-electron chi connectivity index (χ4n) is 0.602. The molecule has 2 N–H and O–H groups in total. The second-order valence-electron chi connectivity index (χ2n) is 1.62. The van der Waals surface area contributed by atoms with E-state index >= 15 is 0 Å². The van der Waals surface area contributed by atoms with Gasteiger partial charge in [0.2, 0.25) is 0 Å². The molecular formula is C4H9N2O. The number of hydroxylamine groups is 2. The predicted molar refractivity (Wildman–Crippen MR) is 26.4 cm³/mol. The minimum atomic E-state index is 0.277. The lowest BCUT2D eigenvalue weighted by molar-refractivity contribution is -0.817. The van der Waals surface area contributed by atoms with Gasteiger partial charge < -0.3 is 15.6 Å². The molecule has 1 saturated heterocycles. The molecule has 1 aliphatic rings. The second-order valence-corrected chi connectivity index (χ2v) is 1.62. The fourth-order valence-corrected chi connectivity index (χ4v) is 0.602. The Morgan fingerprint density at radius 2 is 2.57 bits per heavy atom. The molecule has 0 bridgehead atoms. The number of rotatable bonds is 0. The highest BCUT2D eigenvalue weighted by Gasteiger charge is 2.02. The summed E-state index contributed by atoms with van der Waals surface area (Å²) in [5, 5.41) is 13.7. The van der Waals surface area contributed by atoms with Crippen LogP contribution in [0.5, 0.6) is 0 Å². The maximum Gasteiger partial charge on any atom is 0.154 e. The highest BCUT2D eigenvalue weighted by molar-refractivity contribution is 4.59. The molecule has 7 heavy (non-hydrogen) atoms. The highest BCUT2D eigenvalue weighted by Crippen LogP contribution is 1.64. The number of nitrogens with one attached hydrogen (secondary N) is 2. The molecule has 3 nitrogen and oxygen atoms in total. The Labute approximate surface area is 42.9 Å². The zero-order valence-electron chi connectivity index (χ0n) is 4.11. The average Bonchev–Trinajstić information content (AvgIpc) is 1.69. The third-order valence-corrected chi connectivity index (χ3v) is 1.02. The molecule has 0 aromatic carbocycles. The maximum absolute atomic E-state index is 10.4. The first-order valence-electron chi connectivity index (χ1n) is 2.46. The van der Waals surface area contributed by atoms with Gasteiger partial charge in [-0.05, 0) is 0 Å². The monoisotopic (exact) mass is 101 g/mol. The van der Waals surface area contributed by atoms with E-state index in [0.717, 1.165) is 13.1 Å². The first-order chi connectivity index (χ1) is 3.39. The van der Waals surface area contributed by atoms with Crippen molar-refractivity contribution >= 4 is 0 Å². The Morgan fingerprint density at radius 1 is 1.71 bits per heavy atom. The average molecular weight is 101 g/mol. The number of quaternary nitrogens is 1. The standard InChI is InChI=1S/C4H9N2O/c7-6-3-1-5-2-4-6/h3,5-6H,1-2,4H2. The van der Waals surface area contributed by atoms with Gasteiger partial charge in [0.05, 0.1) is 13.1 Å². The van der Waals surface area contributed by atoms with Crippen LogP contribution in [-0.4, -0.2) is 19.6 Å². The number of piperazine rings is 1. The van der Waals surface area contributed by atoms with Crippen LogP contribution in [0.2, 0.25) is 0 Å². The quantitative estimate of drug-likeness (QED) is 0.351. The van der Waals surface area contributed by atoms with Gasteiger partial charge in [-0.3, -0.25) is 0 Å². The van der Waals surface area contributed by atoms with Crippen LogP contribution in [0, 0.1) is 11.8 Å². The van der Waals surface area contributed by atoms with Crippen LogP contribution in [0.25, 0.3) is 0 Å². The van der Waals surface area contributed by atoms with E-state index in [1.165, 1.54) is 0 Å². The third kappa shape index (κ3) is 1.43. The molecule has 0 amide bonds. The van der Waals surface area contributed by atoms with Crippen LogP contribution < -0.4 is 10.4 Å². The van der Waals surface area contributed by atoms with Crippen molar-refractivity contribution in [3.05, 3.63) is 11.8 Å². The highest BCUT2D eigenvalue weighted by atomic mass is 16.5. The lowest BCUT2D eigenvalue weighted by Gasteiger charge is -2.25. The van der Waals surface area contributed by atoms with Gasteiger partial charge in [-0.2, -0.15) is 0 Å². The zero-order chi connectivity index (χ0) is 5.11. The van der Waals surface area contributed by atoms with Gasteiger partial charge in [0.1, 0.15) is 0 Å². The summed E-state index contributed by atoms with van der Waals surface area (Å²) in [7, 11) is 0. The van der Waals surface area contributed by atoms with Crippen LogP contribution in [0.1, 0.15) is 0 Å². The summed E-state index contributed by atoms with van der Waals surface area (Å²) < 4.78 is 0. The Hall–Kier alpha value is -0.120. The third-order valence-electron chi connectivity index (χ3n) is 1.02. The van der Waals surface area contributed by atoms with E-state index in [4.69, 9.17) is 0 Å². The van der Waals surface area contributed by atoms with E-state index in [9.17, 15) is 5.21 Å². The first kappa shape index (κ1) is 5.03. The molecule has 0 saturated carbocycles. The van der Waals surface area contributed by atoms with Gasteiger partial charge in [-0.25, -0.2) is 0 Å². The summed E-state index contributed by atoms with van der Waals surface area (Å²) in [6.45, 7) is 3.98. The lowest BCUT2D eigenvalue weighted by atomic mass is 10.4. The minimum Gasteiger partial charge on any atom is -0.634 e. The molecule has 1 heterocycles. The van der Waals surface area contributed by atoms with Crippen LogP contribution in [-0.2, 0) is 0 Å². The van der Waals surface area contributed by atoms with Gasteiger partial charge in [-0.1, -0.05) is 0 Å². The molecule has 1 rings (SSSR count). The van der Waals surface area contributed by atoms with E-state index in [1.807, 2.05) is 0 Å². The van der Waals surface area contributed by atoms with Crippen molar-refractivity contribution in [3.8, 4) is 0 Å². The molecule has 3 heteroatoms. The SMILES string of the molecule is [O-][NH+]1[CH]CNCC1. The normalized spacial score (nSPS) is 25.3. The second kappa shape index (κ2) is 2.26. The van der Waals surface area contributed by atoms with E-state index < -0.39 is 0 Å². The Kier molecular flexibility index (Phi) is 1.62. The summed E-state index contributed by atoms with van der Waals surface area (Å²) in [6, 6.07) is 0. The molecular weight excluding hydrogens is 92.1 g/mol. The molecule has 1 atom stereocenters. The molecule has 0 aliphatic carbocycles. The topological polar surface area (TPSA) is 39.5 Å².